The van der Waals surface area contributed by atoms with Crippen molar-refractivity contribution < 1.29 is 14.6 Å². The van der Waals surface area contributed by atoms with E-state index in [2.05, 4.69) is 4.90 Å². The van der Waals surface area contributed by atoms with Crippen LogP contribution in [-0.2, 0) is 9.50 Å². The molecule has 1 N–H and O–H groups in total. The third-order valence-electron chi connectivity index (χ3n) is 2.50. The zero-order valence-corrected chi connectivity index (χ0v) is 7.61. The van der Waals surface area contributed by atoms with Gasteiger partial charge in [0.1, 0.15) is 0 Å². The molecule has 5 heteroatoms. The summed E-state index contributed by atoms with van der Waals surface area (Å²) in [6, 6.07) is 0. The van der Waals surface area contributed by atoms with Crippen molar-refractivity contribution in [3.63, 3.8) is 0 Å². The van der Waals surface area contributed by atoms with Crippen molar-refractivity contribution in [2.24, 2.45) is 5.92 Å². The van der Waals surface area contributed by atoms with E-state index in [0.717, 1.165) is 33.1 Å². The van der Waals surface area contributed by atoms with Crippen molar-refractivity contribution in [1.82, 2.24) is 4.90 Å². The van der Waals surface area contributed by atoms with E-state index < -0.39 is 5.97 Å². The first-order chi connectivity index (χ1) is 6.22. The van der Waals surface area contributed by atoms with E-state index in [4.69, 9.17) is 5.11 Å². The van der Waals surface area contributed by atoms with E-state index in [1.54, 1.807) is 0 Å². The fourth-order valence-corrected chi connectivity index (χ4v) is 1.73. The second-order valence-electron chi connectivity index (χ2n) is 3.51. The molecule has 1 aliphatic heterocycles. The molecule has 0 amide bonds. The Labute approximate surface area is 78.2 Å². The fraction of sp³-hybridized carbons (Fsp3) is 0.875. The van der Waals surface area contributed by atoms with Crippen molar-refractivity contribution in [3.05, 3.63) is 0 Å². The average molecular weight is 183 g/mol. The third-order valence-corrected chi connectivity index (χ3v) is 2.50. The molecule has 0 atom stereocenters. The van der Waals surface area contributed by atoms with Gasteiger partial charge in [0.05, 0.1) is 0 Å². The molecule has 1 rings (SSSR count). The molecule has 1 aliphatic rings. The van der Waals surface area contributed by atoms with Crippen LogP contribution >= 0.6 is 0 Å². The van der Waals surface area contributed by atoms with E-state index in [1.807, 2.05) is 0 Å². The third kappa shape index (κ3) is 3.68. The van der Waals surface area contributed by atoms with Crippen LogP contribution in [0.4, 0.5) is 0 Å². The summed E-state index contributed by atoms with van der Waals surface area (Å²) in [5, 5.41) is 8.57. The summed E-state index contributed by atoms with van der Waals surface area (Å²) in [6.07, 6.45) is 2.56. The molecule has 4 nitrogen and oxygen atoms in total. The van der Waals surface area contributed by atoms with Crippen LogP contribution in [0, 0.1) is 5.92 Å². The summed E-state index contributed by atoms with van der Waals surface area (Å²) in [5.41, 5.74) is 0. The molecule has 0 unspecified atom stereocenters. The first-order valence-corrected chi connectivity index (χ1v) is 4.60. The van der Waals surface area contributed by atoms with Gasteiger partial charge in [0.25, 0.3) is 0 Å². The van der Waals surface area contributed by atoms with Crippen LogP contribution in [0.3, 0.4) is 0 Å². The van der Waals surface area contributed by atoms with E-state index in [-0.39, 0.29) is 6.42 Å². The molecule has 0 radical (unpaired) electrons. The van der Waals surface area contributed by atoms with Gasteiger partial charge in [0.2, 0.25) is 0 Å². The van der Waals surface area contributed by atoms with Crippen LogP contribution in [-0.4, -0.2) is 42.7 Å². The molecule has 0 spiro atoms. The zero-order valence-electron chi connectivity index (χ0n) is 7.61. The molecule has 0 aromatic heterocycles. The Morgan fingerprint density at radius 2 is 2.08 bits per heavy atom. The van der Waals surface area contributed by atoms with Gasteiger partial charge in [-0.1, -0.05) is 0 Å². The molecule has 72 valence electrons. The Morgan fingerprint density at radius 3 is 2.54 bits per heavy atom. The van der Waals surface area contributed by atoms with Crippen molar-refractivity contribution in [1.29, 1.82) is 0 Å². The minimum absolute atomic E-state index is 0.273. The van der Waals surface area contributed by atoms with Gasteiger partial charge in [-0.3, -0.25) is 0 Å². The molecule has 13 heavy (non-hydrogen) atoms. The molecule has 1 heterocycles. The van der Waals surface area contributed by atoms with E-state index >= 15 is 0 Å². The van der Waals surface area contributed by atoms with Crippen molar-refractivity contribution in [2.45, 2.75) is 19.3 Å². The van der Waals surface area contributed by atoms with Crippen molar-refractivity contribution >= 4 is 13.1 Å². The van der Waals surface area contributed by atoms with Crippen LogP contribution in [0.1, 0.15) is 19.3 Å². The van der Waals surface area contributed by atoms with Gasteiger partial charge in [-0.25, -0.2) is 0 Å². The summed E-state index contributed by atoms with van der Waals surface area (Å²) < 4.78 is 10.2. The number of hydrogen-bond acceptors (Lipinski definition) is 3. The summed E-state index contributed by atoms with van der Waals surface area (Å²) in [7, 11) is 0.900. The van der Waals surface area contributed by atoms with E-state index in [0.29, 0.717) is 12.4 Å². The number of aliphatic carboxylic acids is 1. The van der Waals surface area contributed by atoms with E-state index in [1.165, 1.54) is 0 Å². The number of carboxylic acids is 1. The van der Waals surface area contributed by atoms with E-state index in [9.17, 15) is 9.50 Å². The Hall–Kier alpha value is -0.705. The standard InChI is InChI=1S/C8H14BNO3/c11-8(12)5-7-1-3-10(4-2-7)6-9-13/h7H,1-6H2,(H,11,12). The number of nitrogens with zero attached hydrogens (tertiary/aromatic N) is 1. The summed E-state index contributed by atoms with van der Waals surface area (Å²) in [6.45, 7) is 1.72. The maximum atomic E-state index is 10.4. The van der Waals surface area contributed by atoms with Crippen LogP contribution in [0.15, 0.2) is 0 Å². The number of carbonyl (C=O) groups is 1. The molecule has 1 fully saturated rings. The monoisotopic (exact) mass is 183 g/mol. The Balaban J connectivity index is 2.22. The number of piperidine rings is 1. The topological polar surface area (TPSA) is 57.6 Å². The van der Waals surface area contributed by atoms with Gasteiger partial charge in [0, 0.05) is 0 Å². The minimum atomic E-state index is -0.714. The molecule has 1 saturated heterocycles. The summed E-state index contributed by atoms with van der Waals surface area (Å²) in [4.78, 5) is 12.5. The van der Waals surface area contributed by atoms with Gasteiger partial charge >= 0.3 is 77.3 Å². The zero-order chi connectivity index (χ0) is 9.68. The molecule has 0 bridgehead atoms. The quantitative estimate of drug-likeness (QED) is 0.631. The second kappa shape index (κ2) is 5.12. The Bertz CT molecular complexity index is 190. The van der Waals surface area contributed by atoms with Gasteiger partial charge in [0.15, 0.2) is 0 Å². The van der Waals surface area contributed by atoms with Gasteiger partial charge in [-0.15, -0.1) is 0 Å². The number of carboxylic acid groups (broad SMARTS) is 1. The first kappa shape index (κ1) is 10.4. The summed E-state index contributed by atoms with van der Waals surface area (Å²) >= 11 is 0. The number of rotatable bonds is 4. The Kier molecular flexibility index (Phi) is 4.08. The Morgan fingerprint density at radius 1 is 1.46 bits per heavy atom. The molecule has 0 saturated carbocycles. The predicted molar refractivity (Wildman–Crippen MR) is 47.9 cm³/mol. The van der Waals surface area contributed by atoms with Gasteiger partial charge in [-0.2, -0.15) is 0 Å². The van der Waals surface area contributed by atoms with Crippen molar-refractivity contribution in [3.8, 4) is 0 Å². The molecular formula is C8H14BNO3. The van der Waals surface area contributed by atoms with Crippen molar-refractivity contribution in [2.75, 3.05) is 19.5 Å². The normalized spacial score (nSPS) is 19.7. The first-order valence-electron chi connectivity index (χ1n) is 4.60. The molecular weight excluding hydrogens is 169 g/mol. The summed E-state index contributed by atoms with van der Waals surface area (Å²) in [5.74, 6) is -0.408. The predicted octanol–water partition coefficient (Wildman–Crippen LogP) is 0.180. The van der Waals surface area contributed by atoms with Crippen LogP contribution in [0.25, 0.3) is 0 Å². The number of likely N-dealkylation sites (tertiary alicyclic amines) is 1. The van der Waals surface area contributed by atoms with Crippen LogP contribution < -0.4 is 0 Å². The molecule has 0 aromatic rings. The SMILES string of the molecule is O=BCN1CCC(CC(=O)O)CC1. The second-order valence-corrected chi connectivity index (χ2v) is 3.51. The average Bonchev–Trinajstić information content (AvgIpc) is 2.08. The molecule has 0 aromatic carbocycles. The number of hydrogen-bond donors (Lipinski definition) is 1. The van der Waals surface area contributed by atoms with Gasteiger partial charge in [-0.05, 0) is 0 Å². The van der Waals surface area contributed by atoms with Crippen LogP contribution in [0.5, 0.6) is 0 Å². The van der Waals surface area contributed by atoms with Gasteiger partial charge < -0.3 is 0 Å². The molecule has 0 aliphatic carbocycles. The fourth-order valence-electron chi connectivity index (χ4n) is 1.73. The maximum absolute atomic E-state index is 10.4. The van der Waals surface area contributed by atoms with Crippen LogP contribution in [0.2, 0.25) is 0 Å².